The Balaban J connectivity index is 3.81. The summed E-state index contributed by atoms with van der Waals surface area (Å²) in [5.74, 6) is -0.567. The Bertz CT molecular complexity index is 356. The quantitative estimate of drug-likeness (QED) is 0.534. The zero-order chi connectivity index (χ0) is 14.9. The third kappa shape index (κ3) is 9.83. The minimum absolute atomic E-state index is 0.0471. The molecule has 19 heavy (non-hydrogen) atoms. The molecule has 0 heterocycles. The monoisotopic (exact) mass is 296 g/mol. The molecule has 0 rings (SSSR count). The first kappa shape index (κ1) is 18.3. The molecule has 7 nitrogen and oxygen atoms in total. The summed E-state index contributed by atoms with van der Waals surface area (Å²) in [7, 11) is -2.25. The molecular formula is C11H24N2O5S. The molecule has 0 amide bonds. The number of ether oxygens (including phenoxy) is 1. The molecule has 0 aliphatic rings. The fourth-order valence-corrected chi connectivity index (χ4v) is 2.13. The van der Waals surface area contributed by atoms with Crippen LogP contribution in [0, 0.1) is 5.92 Å². The van der Waals surface area contributed by atoms with Gasteiger partial charge in [-0.2, -0.15) is 12.7 Å². The second-order valence-electron chi connectivity index (χ2n) is 4.69. The van der Waals surface area contributed by atoms with E-state index < -0.39 is 16.2 Å². The van der Waals surface area contributed by atoms with Gasteiger partial charge in [-0.15, -0.1) is 0 Å². The highest BCUT2D eigenvalue weighted by molar-refractivity contribution is 7.87. The van der Waals surface area contributed by atoms with Crippen LogP contribution in [0.5, 0.6) is 0 Å². The Labute approximate surface area is 115 Å². The molecule has 0 aliphatic heterocycles. The largest absolute Gasteiger partial charge is 0.481 e. The van der Waals surface area contributed by atoms with Gasteiger partial charge in [0.05, 0.1) is 6.42 Å². The van der Waals surface area contributed by atoms with Crippen molar-refractivity contribution in [2.45, 2.75) is 26.7 Å². The van der Waals surface area contributed by atoms with Crippen LogP contribution in [0.3, 0.4) is 0 Å². The van der Waals surface area contributed by atoms with Crippen LogP contribution in [0.15, 0.2) is 0 Å². The Morgan fingerprint density at radius 1 is 1.42 bits per heavy atom. The molecule has 114 valence electrons. The summed E-state index contributed by atoms with van der Waals surface area (Å²) < 4.78 is 32.0. The lowest BCUT2D eigenvalue weighted by Gasteiger charge is -2.16. The van der Waals surface area contributed by atoms with Crippen molar-refractivity contribution in [1.29, 1.82) is 0 Å². The lowest BCUT2D eigenvalue weighted by molar-refractivity contribution is -0.137. The van der Waals surface area contributed by atoms with E-state index >= 15 is 0 Å². The maximum absolute atomic E-state index is 11.7. The van der Waals surface area contributed by atoms with E-state index in [9.17, 15) is 13.2 Å². The van der Waals surface area contributed by atoms with Crippen LogP contribution in [0.25, 0.3) is 0 Å². The molecule has 0 aromatic rings. The van der Waals surface area contributed by atoms with Gasteiger partial charge in [0.25, 0.3) is 10.2 Å². The molecule has 0 bridgehead atoms. The van der Waals surface area contributed by atoms with Gasteiger partial charge < -0.3 is 9.84 Å². The van der Waals surface area contributed by atoms with E-state index in [0.29, 0.717) is 25.6 Å². The smallest absolute Gasteiger partial charge is 0.304 e. The van der Waals surface area contributed by atoms with Crippen LogP contribution >= 0.6 is 0 Å². The van der Waals surface area contributed by atoms with Crippen LogP contribution < -0.4 is 4.72 Å². The second-order valence-corrected chi connectivity index (χ2v) is 6.55. The fourth-order valence-electron chi connectivity index (χ4n) is 1.18. The van der Waals surface area contributed by atoms with Crippen LogP contribution in [0.2, 0.25) is 0 Å². The zero-order valence-corrected chi connectivity index (χ0v) is 12.6. The lowest BCUT2D eigenvalue weighted by atomic mass is 10.2. The van der Waals surface area contributed by atoms with Gasteiger partial charge in [-0.05, 0) is 12.3 Å². The van der Waals surface area contributed by atoms with Crippen molar-refractivity contribution in [2.24, 2.45) is 5.92 Å². The first-order valence-corrected chi connectivity index (χ1v) is 7.70. The van der Waals surface area contributed by atoms with Crippen LogP contribution in [0.4, 0.5) is 0 Å². The molecule has 0 spiro atoms. The van der Waals surface area contributed by atoms with Gasteiger partial charge in [0, 0.05) is 33.4 Å². The number of aliphatic carboxylic acids is 1. The van der Waals surface area contributed by atoms with Crippen molar-refractivity contribution in [2.75, 3.05) is 33.4 Å². The predicted molar refractivity (Wildman–Crippen MR) is 72.1 cm³/mol. The highest BCUT2D eigenvalue weighted by atomic mass is 32.2. The summed E-state index contributed by atoms with van der Waals surface area (Å²) in [5.41, 5.74) is 0. The molecule has 8 heteroatoms. The Morgan fingerprint density at radius 3 is 2.58 bits per heavy atom. The van der Waals surface area contributed by atoms with E-state index in [1.54, 1.807) is 0 Å². The number of nitrogens with one attached hydrogen (secondary N) is 1. The number of carboxylic acids is 1. The molecule has 0 aliphatic carbocycles. The van der Waals surface area contributed by atoms with Gasteiger partial charge in [-0.3, -0.25) is 4.79 Å². The molecule has 0 aromatic heterocycles. The standard InChI is InChI=1S/C11H24N2O5S/c1-10(2)9-18-8-4-6-12-19(16,17)13(3)7-5-11(14)15/h10,12H,4-9H2,1-3H3,(H,14,15). The van der Waals surface area contributed by atoms with E-state index in [2.05, 4.69) is 4.72 Å². The Kier molecular flexibility index (Phi) is 8.90. The van der Waals surface area contributed by atoms with Gasteiger partial charge in [0.15, 0.2) is 0 Å². The predicted octanol–water partition coefficient (Wildman–Crippen LogP) is 0.290. The van der Waals surface area contributed by atoms with E-state index in [1.165, 1.54) is 7.05 Å². The molecule has 0 aromatic carbocycles. The number of hydrogen-bond donors (Lipinski definition) is 2. The first-order valence-electron chi connectivity index (χ1n) is 6.26. The van der Waals surface area contributed by atoms with E-state index in [4.69, 9.17) is 9.84 Å². The number of carbonyl (C=O) groups is 1. The van der Waals surface area contributed by atoms with Gasteiger partial charge in [-0.1, -0.05) is 13.8 Å². The summed E-state index contributed by atoms with van der Waals surface area (Å²) in [4.78, 5) is 10.4. The van der Waals surface area contributed by atoms with Crippen molar-refractivity contribution < 1.29 is 23.1 Å². The molecule has 0 atom stereocenters. The second kappa shape index (κ2) is 9.24. The van der Waals surface area contributed by atoms with E-state index in [1.807, 2.05) is 13.8 Å². The SMILES string of the molecule is CC(C)COCCCNS(=O)(=O)N(C)CCC(=O)O. The third-order valence-corrected chi connectivity index (χ3v) is 3.82. The highest BCUT2D eigenvalue weighted by Crippen LogP contribution is 1.97. The molecule has 0 fully saturated rings. The van der Waals surface area contributed by atoms with Gasteiger partial charge in [-0.25, -0.2) is 4.72 Å². The lowest BCUT2D eigenvalue weighted by Crippen LogP contribution is -2.39. The summed E-state index contributed by atoms with van der Waals surface area (Å²) in [6.45, 7) is 5.47. The Morgan fingerprint density at radius 2 is 2.05 bits per heavy atom. The number of carboxylic acid groups (broad SMARTS) is 1. The van der Waals surface area contributed by atoms with Crippen LogP contribution in [-0.2, 0) is 19.7 Å². The molecule has 2 N–H and O–H groups in total. The number of nitrogens with zero attached hydrogens (tertiary/aromatic N) is 1. The van der Waals surface area contributed by atoms with Crippen molar-refractivity contribution in [3.63, 3.8) is 0 Å². The topological polar surface area (TPSA) is 95.9 Å². The summed E-state index contributed by atoms with van der Waals surface area (Å²) >= 11 is 0. The minimum atomic E-state index is -3.60. The summed E-state index contributed by atoms with van der Waals surface area (Å²) in [6, 6.07) is 0. The normalized spacial score (nSPS) is 12.3. The van der Waals surface area contributed by atoms with Gasteiger partial charge in [0.2, 0.25) is 0 Å². The maximum Gasteiger partial charge on any atom is 0.304 e. The Hall–Kier alpha value is -0.700. The third-order valence-electron chi connectivity index (χ3n) is 2.25. The molecule has 0 unspecified atom stereocenters. The van der Waals surface area contributed by atoms with Gasteiger partial charge >= 0.3 is 5.97 Å². The van der Waals surface area contributed by atoms with Crippen molar-refractivity contribution in [3.8, 4) is 0 Å². The maximum atomic E-state index is 11.7. The summed E-state index contributed by atoms with van der Waals surface area (Å²) in [6.07, 6.45) is 0.369. The fraction of sp³-hybridized carbons (Fsp3) is 0.909. The van der Waals surface area contributed by atoms with E-state index in [-0.39, 0.29) is 19.5 Å². The molecule has 0 saturated carbocycles. The van der Waals surface area contributed by atoms with Gasteiger partial charge in [0.1, 0.15) is 0 Å². The van der Waals surface area contributed by atoms with Crippen LogP contribution in [0.1, 0.15) is 26.7 Å². The van der Waals surface area contributed by atoms with Crippen molar-refractivity contribution in [3.05, 3.63) is 0 Å². The molecular weight excluding hydrogens is 272 g/mol. The average Bonchev–Trinajstić information content (AvgIpc) is 2.29. The minimum Gasteiger partial charge on any atom is -0.481 e. The summed E-state index contributed by atoms with van der Waals surface area (Å²) in [5, 5.41) is 8.49. The average molecular weight is 296 g/mol. The number of rotatable bonds is 11. The number of hydrogen-bond acceptors (Lipinski definition) is 4. The molecule has 0 radical (unpaired) electrons. The van der Waals surface area contributed by atoms with Crippen LogP contribution in [-0.4, -0.2) is 57.1 Å². The highest BCUT2D eigenvalue weighted by Gasteiger charge is 2.17. The van der Waals surface area contributed by atoms with Crippen molar-refractivity contribution >= 4 is 16.2 Å². The first-order chi connectivity index (χ1) is 8.75. The molecule has 0 saturated heterocycles. The van der Waals surface area contributed by atoms with E-state index in [0.717, 1.165) is 4.31 Å². The zero-order valence-electron chi connectivity index (χ0n) is 11.8. The van der Waals surface area contributed by atoms with Crippen molar-refractivity contribution in [1.82, 2.24) is 9.03 Å².